The lowest BCUT2D eigenvalue weighted by Gasteiger charge is -2.39. The molecule has 2 amide bonds. The number of benzene rings is 1. The summed E-state index contributed by atoms with van der Waals surface area (Å²) in [6.07, 6.45) is 2.90. The number of carbonyl (C=O) groups excluding carboxylic acids is 2. The van der Waals surface area contributed by atoms with Crippen LogP contribution >= 0.6 is 0 Å². The van der Waals surface area contributed by atoms with Gasteiger partial charge in [0, 0.05) is 12.1 Å². The van der Waals surface area contributed by atoms with E-state index in [9.17, 15) is 9.59 Å². The van der Waals surface area contributed by atoms with Crippen molar-refractivity contribution in [3.8, 4) is 11.5 Å². The van der Waals surface area contributed by atoms with Gasteiger partial charge in [-0.15, -0.1) is 0 Å². The van der Waals surface area contributed by atoms with Crippen LogP contribution in [-0.2, 0) is 9.59 Å². The number of amides is 2. The Bertz CT molecular complexity index is 642. The van der Waals surface area contributed by atoms with Crippen LogP contribution in [0.25, 0.3) is 0 Å². The van der Waals surface area contributed by atoms with E-state index in [0.29, 0.717) is 23.1 Å². The zero-order valence-corrected chi connectivity index (χ0v) is 15.6. The first-order valence-corrected chi connectivity index (χ1v) is 8.58. The molecule has 138 valence electrons. The number of nitrogens with one attached hydrogen (secondary N) is 2. The van der Waals surface area contributed by atoms with E-state index in [4.69, 9.17) is 9.47 Å². The van der Waals surface area contributed by atoms with Crippen molar-refractivity contribution >= 4 is 17.5 Å². The Labute approximate surface area is 149 Å². The molecule has 2 N–H and O–H groups in total. The molecular weight excluding hydrogens is 320 g/mol. The lowest BCUT2D eigenvalue weighted by Crippen LogP contribution is -2.46. The predicted octanol–water partition coefficient (Wildman–Crippen LogP) is 2.97. The first kappa shape index (κ1) is 19.1. The zero-order valence-electron chi connectivity index (χ0n) is 15.6. The lowest BCUT2D eigenvalue weighted by atomic mass is 9.70. The molecule has 0 aromatic heterocycles. The van der Waals surface area contributed by atoms with Gasteiger partial charge in [-0.2, -0.15) is 0 Å². The first-order chi connectivity index (χ1) is 11.7. The van der Waals surface area contributed by atoms with Crippen molar-refractivity contribution in [2.24, 2.45) is 11.3 Å². The van der Waals surface area contributed by atoms with Gasteiger partial charge in [-0.05, 0) is 42.7 Å². The molecule has 0 saturated heterocycles. The van der Waals surface area contributed by atoms with Crippen molar-refractivity contribution in [3.05, 3.63) is 18.2 Å². The van der Waals surface area contributed by atoms with Gasteiger partial charge in [0.1, 0.15) is 11.5 Å². The van der Waals surface area contributed by atoms with E-state index in [2.05, 4.69) is 31.4 Å². The number of ether oxygens (including phenoxy) is 2. The summed E-state index contributed by atoms with van der Waals surface area (Å²) in [5.41, 5.74) is 0.571. The van der Waals surface area contributed by atoms with E-state index in [1.165, 1.54) is 14.2 Å². The zero-order chi connectivity index (χ0) is 18.6. The van der Waals surface area contributed by atoms with Gasteiger partial charge in [0.15, 0.2) is 0 Å². The highest BCUT2D eigenvalue weighted by molar-refractivity contribution is 6.39. The van der Waals surface area contributed by atoms with Crippen LogP contribution in [0.5, 0.6) is 11.5 Å². The van der Waals surface area contributed by atoms with Crippen LogP contribution in [0.2, 0.25) is 0 Å². The van der Waals surface area contributed by atoms with Gasteiger partial charge < -0.3 is 20.1 Å². The van der Waals surface area contributed by atoms with Crippen LogP contribution < -0.4 is 20.1 Å². The third kappa shape index (κ3) is 5.11. The van der Waals surface area contributed by atoms with Gasteiger partial charge in [0.2, 0.25) is 0 Å². The number of anilines is 1. The Kier molecular flexibility index (Phi) is 5.93. The van der Waals surface area contributed by atoms with Gasteiger partial charge in [-0.25, -0.2) is 0 Å². The van der Waals surface area contributed by atoms with Crippen molar-refractivity contribution in [2.45, 2.75) is 46.1 Å². The third-order valence-corrected chi connectivity index (χ3v) is 4.58. The highest BCUT2D eigenvalue weighted by Crippen LogP contribution is 2.38. The Hall–Kier alpha value is -2.24. The largest absolute Gasteiger partial charge is 0.497 e. The number of methoxy groups -OCH3 is 2. The van der Waals surface area contributed by atoms with Crippen LogP contribution in [0.3, 0.4) is 0 Å². The fourth-order valence-electron chi connectivity index (χ4n) is 3.80. The molecule has 0 bridgehead atoms. The molecule has 25 heavy (non-hydrogen) atoms. The van der Waals surface area contributed by atoms with E-state index in [1.807, 2.05) is 0 Å². The number of carbonyl (C=O) groups is 2. The van der Waals surface area contributed by atoms with E-state index in [0.717, 1.165) is 19.3 Å². The molecule has 6 nitrogen and oxygen atoms in total. The summed E-state index contributed by atoms with van der Waals surface area (Å²) < 4.78 is 10.4. The SMILES string of the molecule is COc1ccc(OC)c(NC(=O)C(=O)NC2CC(C)CC(C)(C)C2)c1. The Balaban J connectivity index is 2.02. The second-order valence-corrected chi connectivity index (χ2v) is 7.60. The van der Waals surface area contributed by atoms with Gasteiger partial charge in [0.05, 0.1) is 19.9 Å². The molecule has 2 atom stereocenters. The molecule has 0 heterocycles. The highest BCUT2D eigenvalue weighted by atomic mass is 16.5. The molecule has 0 aliphatic heterocycles. The molecule has 1 aromatic rings. The molecule has 2 unspecified atom stereocenters. The van der Waals surface area contributed by atoms with Crippen LogP contribution in [0.1, 0.15) is 40.0 Å². The predicted molar refractivity (Wildman–Crippen MR) is 96.9 cm³/mol. The maximum absolute atomic E-state index is 12.3. The monoisotopic (exact) mass is 348 g/mol. The van der Waals surface area contributed by atoms with Gasteiger partial charge >= 0.3 is 11.8 Å². The van der Waals surface area contributed by atoms with Gasteiger partial charge in [-0.3, -0.25) is 9.59 Å². The van der Waals surface area contributed by atoms with Crippen LogP contribution in [0, 0.1) is 11.3 Å². The summed E-state index contributed by atoms with van der Waals surface area (Å²) in [6, 6.07) is 5.04. The maximum Gasteiger partial charge on any atom is 0.313 e. The van der Waals surface area contributed by atoms with E-state index < -0.39 is 11.8 Å². The lowest BCUT2D eigenvalue weighted by molar-refractivity contribution is -0.137. The maximum atomic E-state index is 12.3. The minimum atomic E-state index is -0.706. The molecule has 2 rings (SSSR count). The van der Waals surface area contributed by atoms with E-state index >= 15 is 0 Å². The summed E-state index contributed by atoms with van der Waals surface area (Å²) >= 11 is 0. The van der Waals surface area contributed by atoms with Crippen molar-refractivity contribution < 1.29 is 19.1 Å². The molecule has 6 heteroatoms. The molecular formula is C19H28N2O4. The topological polar surface area (TPSA) is 76.7 Å². The second kappa shape index (κ2) is 7.76. The van der Waals surface area contributed by atoms with Crippen LogP contribution in [-0.4, -0.2) is 32.1 Å². The fourth-order valence-corrected chi connectivity index (χ4v) is 3.80. The molecule has 1 fully saturated rings. The average molecular weight is 348 g/mol. The minimum absolute atomic E-state index is 0.0178. The third-order valence-electron chi connectivity index (χ3n) is 4.58. The Morgan fingerprint density at radius 3 is 2.44 bits per heavy atom. The smallest absolute Gasteiger partial charge is 0.313 e. The normalized spacial score (nSPS) is 22.0. The molecule has 1 aromatic carbocycles. The summed E-state index contributed by atoms with van der Waals surface area (Å²) in [7, 11) is 3.04. The summed E-state index contributed by atoms with van der Waals surface area (Å²) in [5.74, 6) is 0.228. The van der Waals surface area contributed by atoms with E-state index in [1.54, 1.807) is 18.2 Å². The molecule has 0 spiro atoms. The van der Waals surface area contributed by atoms with Gasteiger partial charge in [0.25, 0.3) is 0 Å². The average Bonchev–Trinajstić information content (AvgIpc) is 2.52. The van der Waals surface area contributed by atoms with Crippen molar-refractivity contribution in [1.82, 2.24) is 5.32 Å². The molecule has 0 radical (unpaired) electrons. The van der Waals surface area contributed by atoms with Crippen molar-refractivity contribution in [3.63, 3.8) is 0 Å². The van der Waals surface area contributed by atoms with Crippen LogP contribution in [0.15, 0.2) is 18.2 Å². The van der Waals surface area contributed by atoms with E-state index in [-0.39, 0.29) is 11.5 Å². The summed E-state index contributed by atoms with van der Waals surface area (Å²) in [4.78, 5) is 24.6. The van der Waals surface area contributed by atoms with Gasteiger partial charge in [-0.1, -0.05) is 20.8 Å². The number of rotatable bonds is 4. The number of hydrogen-bond acceptors (Lipinski definition) is 4. The Morgan fingerprint density at radius 1 is 1.12 bits per heavy atom. The summed E-state index contributed by atoms with van der Waals surface area (Å²) in [6.45, 7) is 6.58. The minimum Gasteiger partial charge on any atom is -0.497 e. The highest BCUT2D eigenvalue weighted by Gasteiger charge is 2.33. The number of hydrogen-bond donors (Lipinski definition) is 2. The molecule has 1 saturated carbocycles. The standard InChI is InChI=1S/C19H28N2O4/c1-12-8-13(11-19(2,3)10-12)20-17(22)18(23)21-15-9-14(24-4)6-7-16(15)25-5/h6-7,9,12-13H,8,10-11H2,1-5H3,(H,20,22)(H,21,23). The molecule has 1 aliphatic carbocycles. The second-order valence-electron chi connectivity index (χ2n) is 7.60. The molecule has 1 aliphatic rings. The van der Waals surface area contributed by atoms with Crippen molar-refractivity contribution in [2.75, 3.05) is 19.5 Å². The first-order valence-electron chi connectivity index (χ1n) is 8.58. The summed E-state index contributed by atoms with van der Waals surface area (Å²) in [5, 5.41) is 5.47. The quantitative estimate of drug-likeness (QED) is 0.820. The Morgan fingerprint density at radius 2 is 1.84 bits per heavy atom. The van der Waals surface area contributed by atoms with Crippen molar-refractivity contribution in [1.29, 1.82) is 0 Å². The van der Waals surface area contributed by atoms with Crippen LogP contribution in [0.4, 0.5) is 5.69 Å². The fraction of sp³-hybridized carbons (Fsp3) is 0.579.